The van der Waals surface area contributed by atoms with Crippen LogP contribution in [0.5, 0.6) is 11.5 Å². The van der Waals surface area contributed by atoms with Gasteiger partial charge in [0, 0.05) is 26.3 Å². The SMILES string of the molecule is COCC1(O)CCCN(C(=O)C=Cc2ccc(O)c(O)c2)CC1. The van der Waals surface area contributed by atoms with Gasteiger partial charge in [0.1, 0.15) is 0 Å². The highest BCUT2D eigenvalue weighted by Crippen LogP contribution is 2.26. The first kappa shape index (κ1) is 17.3. The molecule has 1 unspecified atom stereocenters. The zero-order chi connectivity index (χ0) is 16.9. The summed E-state index contributed by atoms with van der Waals surface area (Å²) in [4.78, 5) is 14.0. The molecule has 0 bridgehead atoms. The number of amides is 1. The summed E-state index contributed by atoms with van der Waals surface area (Å²) in [6.07, 6.45) is 4.85. The number of carbonyl (C=O) groups excluding carboxylic acids is 1. The maximum Gasteiger partial charge on any atom is 0.246 e. The molecule has 1 aromatic rings. The molecule has 0 saturated carbocycles. The Bertz CT molecular complexity index is 586. The monoisotopic (exact) mass is 321 g/mol. The Morgan fingerprint density at radius 2 is 2.09 bits per heavy atom. The van der Waals surface area contributed by atoms with E-state index in [2.05, 4.69) is 0 Å². The maximum atomic E-state index is 12.3. The number of benzene rings is 1. The number of aliphatic hydroxyl groups is 1. The zero-order valence-corrected chi connectivity index (χ0v) is 13.2. The number of hydrogen-bond donors (Lipinski definition) is 3. The number of methoxy groups -OCH3 is 1. The third-order valence-electron chi connectivity index (χ3n) is 4.06. The van der Waals surface area contributed by atoms with Crippen LogP contribution in [-0.2, 0) is 9.53 Å². The smallest absolute Gasteiger partial charge is 0.246 e. The lowest BCUT2D eigenvalue weighted by Crippen LogP contribution is -2.36. The summed E-state index contributed by atoms with van der Waals surface area (Å²) in [5.74, 6) is -0.559. The maximum absolute atomic E-state index is 12.3. The number of carbonyl (C=O) groups is 1. The van der Waals surface area contributed by atoms with Crippen LogP contribution in [0.15, 0.2) is 24.3 Å². The molecule has 3 N–H and O–H groups in total. The van der Waals surface area contributed by atoms with Crippen LogP contribution in [0.2, 0.25) is 0 Å². The summed E-state index contributed by atoms with van der Waals surface area (Å²) < 4.78 is 5.05. The van der Waals surface area contributed by atoms with Gasteiger partial charge in [0.05, 0.1) is 12.2 Å². The predicted molar refractivity (Wildman–Crippen MR) is 86.1 cm³/mol. The van der Waals surface area contributed by atoms with Gasteiger partial charge in [0.25, 0.3) is 0 Å². The summed E-state index contributed by atoms with van der Waals surface area (Å²) in [5.41, 5.74) is -0.240. The van der Waals surface area contributed by atoms with Crippen LogP contribution in [0.25, 0.3) is 6.08 Å². The Morgan fingerprint density at radius 1 is 1.30 bits per heavy atom. The second-order valence-electron chi connectivity index (χ2n) is 5.92. The van der Waals surface area contributed by atoms with Crippen molar-refractivity contribution in [2.75, 3.05) is 26.8 Å². The number of hydrogen-bond acceptors (Lipinski definition) is 5. The molecule has 6 nitrogen and oxygen atoms in total. The second kappa shape index (κ2) is 7.48. The summed E-state index contributed by atoms with van der Waals surface area (Å²) in [6, 6.07) is 4.37. The van der Waals surface area contributed by atoms with E-state index in [9.17, 15) is 20.1 Å². The molecule has 126 valence electrons. The number of phenolic OH excluding ortho intramolecular Hbond substituents is 2. The molecule has 1 aliphatic heterocycles. The average molecular weight is 321 g/mol. The molecule has 6 heteroatoms. The molecular formula is C17H23NO5. The number of likely N-dealkylation sites (tertiary alicyclic amines) is 1. The van der Waals surface area contributed by atoms with Crippen LogP contribution in [0.1, 0.15) is 24.8 Å². The zero-order valence-electron chi connectivity index (χ0n) is 13.2. The van der Waals surface area contributed by atoms with Gasteiger partial charge in [-0.15, -0.1) is 0 Å². The van der Waals surface area contributed by atoms with Gasteiger partial charge in [-0.25, -0.2) is 0 Å². The molecule has 1 amide bonds. The van der Waals surface area contributed by atoms with Crippen molar-refractivity contribution in [2.45, 2.75) is 24.9 Å². The minimum Gasteiger partial charge on any atom is -0.504 e. The van der Waals surface area contributed by atoms with Crippen LogP contribution >= 0.6 is 0 Å². The number of ether oxygens (including phenoxy) is 1. The first-order valence-corrected chi connectivity index (χ1v) is 7.64. The number of nitrogens with zero attached hydrogens (tertiary/aromatic N) is 1. The van der Waals surface area contributed by atoms with E-state index in [1.807, 2.05) is 0 Å². The van der Waals surface area contributed by atoms with Gasteiger partial charge in [-0.2, -0.15) is 0 Å². The van der Waals surface area contributed by atoms with E-state index in [0.29, 0.717) is 31.5 Å². The lowest BCUT2D eigenvalue weighted by Gasteiger charge is -2.25. The lowest BCUT2D eigenvalue weighted by molar-refractivity contribution is -0.126. The van der Waals surface area contributed by atoms with Crippen molar-refractivity contribution in [1.82, 2.24) is 4.90 Å². The highest BCUT2D eigenvalue weighted by atomic mass is 16.5. The highest BCUT2D eigenvalue weighted by Gasteiger charge is 2.30. The van der Waals surface area contributed by atoms with Crippen molar-refractivity contribution >= 4 is 12.0 Å². The molecule has 1 fully saturated rings. The Labute approximate surface area is 135 Å². The molecule has 1 heterocycles. The Balaban J connectivity index is 1.97. The average Bonchev–Trinajstić information content (AvgIpc) is 2.70. The number of rotatable bonds is 4. The van der Waals surface area contributed by atoms with Crippen molar-refractivity contribution in [1.29, 1.82) is 0 Å². The number of phenols is 2. The minimum atomic E-state index is -0.865. The predicted octanol–water partition coefficient (Wildman–Crippen LogP) is 1.50. The van der Waals surface area contributed by atoms with Gasteiger partial charge >= 0.3 is 0 Å². The topological polar surface area (TPSA) is 90.2 Å². The fraction of sp³-hybridized carbons (Fsp3) is 0.471. The van der Waals surface area contributed by atoms with E-state index in [0.717, 1.165) is 6.42 Å². The summed E-state index contributed by atoms with van der Waals surface area (Å²) >= 11 is 0. The summed E-state index contributed by atoms with van der Waals surface area (Å²) in [6.45, 7) is 1.34. The molecule has 0 aromatic heterocycles. The molecular weight excluding hydrogens is 298 g/mol. The quantitative estimate of drug-likeness (QED) is 0.577. The van der Waals surface area contributed by atoms with Gasteiger partial charge in [0.2, 0.25) is 5.91 Å². The third-order valence-corrected chi connectivity index (χ3v) is 4.06. The van der Waals surface area contributed by atoms with E-state index < -0.39 is 5.60 Å². The Hall–Kier alpha value is -2.05. The first-order chi connectivity index (χ1) is 10.9. The van der Waals surface area contributed by atoms with Gasteiger partial charge in [0.15, 0.2) is 11.5 Å². The molecule has 0 spiro atoms. The fourth-order valence-corrected chi connectivity index (χ4v) is 2.73. The van der Waals surface area contributed by atoms with E-state index in [4.69, 9.17) is 4.74 Å². The summed E-state index contributed by atoms with van der Waals surface area (Å²) in [7, 11) is 1.56. The minimum absolute atomic E-state index is 0.140. The van der Waals surface area contributed by atoms with Crippen molar-refractivity contribution in [3.8, 4) is 11.5 Å². The Morgan fingerprint density at radius 3 is 2.78 bits per heavy atom. The van der Waals surface area contributed by atoms with Crippen molar-refractivity contribution < 1.29 is 24.9 Å². The molecule has 1 aromatic carbocycles. The summed E-state index contributed by atoms with van der Waals surface area (Å²) in [5, 5.41) is 29.1. The first-order valence-electron chi connectivity index (χ1n) is 7.64. The largest absolute Gasteiger partial charge is 0.504 e. The van der Waals surface area contributed by atoms with Gasteiger partial charge in [-0.1, -0.05) is 6.07 Å². The van der Waals surface area contributed by atoms with E-state index >= 15 is 0 Å². The highest BCUT2D eigenvalue weighted by molar-refractivity contribution is 5.91. The van der Waals surface area contributed by atoms with Gasteiger partial charge in [-0.05, 0) is 43.0 Å². The molecule has 1 aliphatic rings. The van der Waals surface area contributed by atoms with Gasteiger partial charge < -0.3 is 25.0 Å². The normalized spacial score (nSPS) is 22.3. The molecule has 2 rings (SSSR count). The van der Waals surface area contributed by atoms with Crippen molar-refractivity contribution in [3.05, 3.63) is 29.8 Å². The molecule has 1 saturated heterocycles. The van der Waals surface area contributed by atoms with Crippen LogP contribution in [0.3, 0.4) is 0 Å². The third kappa shape index (κ3) is 4.71. The van der Waals surface area contributed by atoms with Gasteiger partial charge in [-0.3, -0.25) is 4.79 Å². The lowest BCUT2D eigenvalue weighted by atomic mass is 9.96. The van der Waals surface area contributed by atoms with Crippen LogP contribution in [0.4, 0.5) is 0 Å². The van der Waals surface area contributed by atoms with Crippen LogP contribution in [0, 0.1) is 0 Å². The molecule has 0 radical (unpaired) electrons. The Kier molecular flexibility index (Phi) is 5.63. The molecule has 1 atom stereocenters. The standard InChI is InChI=1S/C17H23NO5/c1-23-12-17(22)7-2-9-18(10-8-17)16(21)6-4-13-3-5-14(19)15(20)11-13/h3-6,11,19-20,22H,2,7-10,12H2,1H3. The van der Waals surface area contributed by atoms with E-state index in [-0.39, 0.29) is 24.0 Å². The van der Waals surface area contributed by atoms with Crippen molar-refractivity contribution in [2.24, 2.45) is 0 Å². The molecule has 23 heavy (non-hydrogen) atoms. The number of aromatic hydroxyl groups is 2. The van der Waals surface area contributed by atoms with Crippen molar-refractivity contribution in [3.63, 3.8) is 0 Å². The molecule has 0 aliphatic carbocycles. The van der Waals surface area contributed by atoms with Crippen LogP contribution in [-0.4, -0.2) is 58.5 Å². The fourth-order valence-electron chi connectivity index (χ4n) is 2.73. The van der Waals surface area contributed by atoms with E-state index in [1.54, 1.807) is 24.2 Å². The second-order valence-corrected chi connectivity index (χ2v) is 5.92. The van der Waals surface area contributed by atoms with Crippen LogP contribution < -0.4 is 0 Å². The van der Waals surface area contributed by atoms with E-state index in [1.165, 1.54) is 18.2 Å².